The first-order chi connectivity index (χ1) is 18.6. The summed E-state index contributed by atoms with van der Waals surface area (Å²) < 4.78 is 17.0. The average molecular weight is 557 g/mol. The summed E-state index contributed by atoms with van der Waals surface area (Å²) in [5.74, 6) is 0.345. The van der Waals surface area contributed by atoms with Crippen LogP contribution in [-0.4, -0.2) is 38.2 Å². The Morgan fingerprint density at radius 3 is 2.02 bits per heavy atom. The molecular weight excluding hydrogens is 504 g/mol. The van der Waals surface area contributed by atoms with Gasteiger partial charge in [-0.25, -0.2) is 0 Å². The summed E-state index contributed by atoms with van der Waals surface area (Å²) in [5.41, 5.74) is 0.0417. The van der Waals surface area contributed by atoms with Crippen LogP contribution in [0.1, 0.15) is 99.8 Å². The molecule has 0 heterocycles. The number of hydrogen-bond donors (Lipinski definition) is 0. The van der Waals surface area contributed by atoms with Gasteiger partial charge in [-0.3, -0.25) is 14.4 Å². The molecule has 40 heavy (non-hydrogen) atoms. The molecular formula is C34H52O6. The zero-order valence-electron chi connectivity index (χ0n) is 26.4. The second-order valence-electron chi connectivity index (χ2n) is 15.5. The predicted octanol–water partition coefficient (Wildman–Crippen LogP) is 6.76. The standard InChI is InChI=1S/C34H52O6/c1-19(2)21-13-16-34(29(37)39-10)18-17-31(6)22(25(21)34)11-12-24-32(31,7)15-14-23-30(4,5)27(40-20(3)35)26(28(36)38-9)33(23,24)8/h21-27H,1,11-18H2,2-10H3/t21-,22+,23-,24-,25+,26+,27-,31+,32+,33-,34-/m0/s1. The summed E-state index contributed by atoms with van der Waals surface area (Å²) in [7, 11) is 3.01. The lowest BCUT2D eigenvalue weighted by Crippen LogP contribution is -2.65. The van der Waals surface area contributed by atoms with Gasteiger partial charge >= 0.3 is 17.9 Å². The molecule has 5 aliphatic carbocycles. The highest BCUT2D eigenvalue weighted by atomic mass is 16.6. The van der Waals surface area contributed by atoms with E-state index in [1.807, 2.05) is 0 Å². The molecule has 5 fully saturated rings. The Morgan fingerprint density at radius 1 is 0.775 bits per heavy atom. The Morgan fingerprint density at radius 2 is 1.45 bits per heavy atom. The second kappa shape index (κ2) is 9.33. The monoisotopic (exact) mass is 556 g/mol. The number of allylic oxidation sites excluding steroid dienone is 1. The van der Waals surface area contributed by atoms with Crippen LogP contribution in [0, 0.1) is 62.6 Å². The van der Waals surface area contributed by atoms with Crippen LogP contribution in [0.2, 0.25) is 0 Å². The van der Waals surface area contributed by atoms with E-state index in [0.717, 1.165) is 51.4 Å². The number of carbonyl (C=O) groups is 3. The van der Waals surface area contributed by atoms with Crippen LogP contribution in [-0.2, 0) is 28.6 Å². The molecule has 0 bridgehead atoms. The van der Waals surface area contributed by atoms with Crippen LogP contribution >= 0.6 is 0 Å². The minimum Gasteiger partial charge on any atom is -0.469 e. The second-order valence-corrected chi connectivity index (χ2v) is 15.5. The van der Waals surface area contributed by atoms with Gasteiger partial charge in [0.15, 0.2) is 0 Å². The number of carbonyl (C=O) groups excluding carboxylic acids is 3. The first kappa shape index (κ1) is 29.6. The zero-order valence-corrected chi connectivity index (χ0v) is 26.4. The molecule has 0 radical (unpaired) electrons. The maximum Gasteiger partial charge on any atom is 0.313 e. The van der Waals surface area contributed by atoms with Gasteiger partial charge in [-0.15, -0.1) is 0 Å². The molecule has 224 valence electrons. The zero-order chi connectivity index (χ0) is 29.6. The molecule has 0 spiro atoms. The molecule has 0 saturated heterocycles. The average Bonchev–Trinajstić information content (AvgIpc) is 3.35. The summed E-state index contributed by atoms with van der Waals surface area (Å²) in [4.78, 5) is 39.4. The Balaban J connectivity index is 1.62. The molecule has 0 aromatic carbocycles. The van der Waals surface area contributed by atoms with Crippen molar-refractivity contribution in [1.82, 2.24) is 0 Å². The van der Waals surface area contributed by atoms with Crippen LogP contribution < -0.4 is 0 Å². The molecule has 0 amide bonds. The van der Waals surface area contributed by atoms with Crippen molar-refractivity contribution in [3.05, 3.63) is 12.2 Å². The van der Waals surface area contributed by atoms with Crippen LogP contribution in [0.25, 0.3) is 0 Å². The Bertz CT molecular complexity index is 1110. The maximum absolute atomic E-state index is 13.6. The minimum atomic E-state index is -0.513. The van der Waals surface area contributed by atoms with E-state index < -0.39 is 17.4 Å². The Kier molecular flexibility index (Phi) is 6.91. The highest BCUT2D eigenvalue weighted by Crippen LogP contribution is 2.79. The number of fused-ring (bicyclic) bond motifs is 7. The first-order valence-electron chi connectivity index (χ1n) is 15.6. The van der Waals surface area contributed by atoms with Crippen LogP contribution in [0.15, 0.2) is 12.2 Å². The van der Waals surface area contributed by atoms with Crippen molar-refractivity contribution in [1.29, 1.82) is 0 Å². The van der Waals surface area contributed by atoms with Gasteiger partial charge in [0.05, 0.1) is 19.6 Å². The molecule has 0 aromatic rings. The molecule has 0 N–H and O–H groups in total. The summed E-state index contributed by atoms with van der Waals surface area (Å²) in [6, 6.07) is 0. The summed E-state index contributed by atoms with van der Waals surface area (Å²) >= 11 is 0. The molecule has 0 aromatic heterocycles. The van der Waals surface area contributed by atoms with Crippen molar-refractivity contribution in [2.75, 3.05) is 14.2 Å². The van der Waals surface area contributed by atoms with E-state index in [0.29, 0.717) is 11.8 Å². The molecule has 5 aliphatic rings. The van der Waals surface area contributed by atoms with Crippen LogP contribution in [0.3, 0.4) is 0 Å². The van der Waals surface area contributed by atoms with Gasteiger partial charge in [-0.05, 0) is 104 Å². The largest absolute Gasteiger partial charge is 0.469 e. The van der Waals surface area contributed by atoms with Gasteiger partial charge in [0.25, 0.3) is 0 Å². The van der Waals surface area contributed by atoms with Crippen molar-refractivity contribution in [2.24, 2.45) is 62.6 Å². The van der Waals surface area contributed by atoms with Gasteiger partial charge in [0.1, 0.15) is 12.0 Å². The Hall–Kier alpha value is -1.85. The summed E-state index contributed by atoms with van der Waals surface area (Å²) in [6.07, 6.45) is 7.30. The third-order valence-electron chi connectivity index (χ3n) is 14.2. The fourth-order valence-electron chi connectivity index (χ4n) is 12.5. The number of ether oxygens (including phenoxy) is 3. The van der Waals surface area contributed by atoms with E-state index in [2.05, 4.69) is 48.1 Å². The molecule has 0 aliphatic heterocycles. The fourth-order valence-corrected chi connectivity index (χ4v) is 12.5. The van der Waals surface area contributed by atoms with Crippen molar-refractivity contribution in [3.8, 4) is 0 Å². The first-order valence-corrected chi connectivity index (χ1v) is 15.6. The summed E-state index contributed by atoms with van der Waals surface area (Å²) in [5, 5.41) is 0. The lowest BCUT2D eigenvalue weighted by molar-refractivity contribution is -0.229. The van der Waals surface area contributed by atoms with Gasteiger partial charge in [-0.2, -0.15) is 0 Å². The molecule has 6 nitrogen and oxygen atoms in total. The van der Waals surface area contributed by atoms with Gasteiger partial charge < -0.3 is 14.2 Å². The SMILES string of the molecule is C=C(C)[C@@H]1CC[C@]2(C(=O)OC)CC[C@]3(C)[C@H](CC[C@@H]4[C@@]5(C)[C@@H](C(=O)OC)[C@H](OC(C)=O)C(C)(C)[C@@H]5CC[C@]43C)[C@@H]12. The number of methoxy groups -OCH3 is 2. The van der Waals surface area contributed by atoms with E-state index in [9.17, 15) is 14.4 Å². The van der Waals surface area contributed by atoms with Crippen molar-refractivity contribution in [3.63, 3.8) is 0 Å². The topological polar surface area (TPSA) is 78.9 Å². The smallest absolute Gasteiger partial charge is 0.313 e. The molecule has 0 unspecified atom stereocenters. The van der Waals surface area contributed by atoms with Gasteiger partial charge in [-0.1, -0.05) is 46.8 Å². The van der Waals surface area contributed by atoms with Gasteiger partial charge in [0.2, 0.25) is 0 Å². The molecule has 5 saturated carbocycles. The Labute approximate surface area is 241 Å². The van der Waals surface area contributed by atoms with Gasteiger partial charge in [0, 0.05) is 12.3 Å². The normalized spacial score (nSPS) is 48.6. The summed E-state index contributed by atoms with van der Waals surface area (Å²) in [6.45, 7) is 19.6. The number of esters is 3. The third-order valence-corrected chi connectivity index (χ3v) is 14.2. The van der Waals surface area contributed by atoms with E-state index in [-0.39, 0.29) is 57.3 Å². The quantitative estimate of drug-likeness (QED) is 0.216. The highest BCUT2D eigenvalue weighted by molar-refractivity contribution is 5.78. The fraction of sp³-hybridized carbons (Fsp3) is 0.853. The van der Waals surface area contributed by atoms with E-state index in [1.54, 1.807) is 7.11 Å². The van der Waals surface area contributed by atoms with E-state index in [4.69, 9.17) is 14.2 Å². The van der Waals surface area contributed by atoms with Crippen LogP contribution in [0.4, 0.5) is 0 Å². The number of hydrogen-bond acceptors (Lipinski definition) is 6. The van der Waals surface area contributed by atoms with E-state index >= 15 is 0 Å². The van der Waals surface area contributed by atoms with Crippen molar-refractivity contribution in [2.45, 2.75) is 106 Å². The maximum atomic E-state index is 13.6. The molecule has 6 heteroatoms. The minimum absolute atomic E-state index is 0.00839. The molecule has 11 atom stereocenters. The lowest BCUT2D eigenvalue weighted by atomic mass is 9.34. The number of rotatable bonds is 4. The van der Waals surface area contributed by atoms with E-state index in [1.165, 1.54) is 19.6 Å². The molecule has 5 rings (SSSR count). The van der Waals surface area contributed by atoms with Crippen molar-refractivity contribution >= 4 is 17.9 Å². The third kappa shape index (κ3) is 3.49. The lowest BCUT2D eigenvalue weighted by Gasteiger charge is -2.70. The van der Waals surface area contributed by atoms with Crippen LogP contribution in [0.5, 0.6) is 0 Å². The predicted molar refractivity (Wildman–Crippen MR) is 153 cm³/mol. The van der Waals surface area contributed by atoms with Crippen molar-refractivity contribution < 1.29 is 28.6 Å². The highest BCUT2D eigenvalue weighted by Gasteiger charge is 2.76.